The Morgan fingerprint density at radius 1 is 1.00 bits per heavy atom. The highest BCUT2D eigenvalue weighted by molar-refractivity contribution is 7.16. The maximum Gasteiger partial charge on any atom is 0.138 e. The van der Waals surface area contributed by atoms with Crippen molar-refractivity contribution in [3.8, 4) is 0 Å². The van der Waals surface area contributed by atoms with E-state index in [1.807, 2.05) is 35.8 Å². The number of aryl methyl sites for hydroxylation is 1. The Morgan fingerprint density at radius 3 is 2.79 bits per heavy atom. The number of thiophene rings is 1. The molecule has 118 valence electrons. The van der Waals surface area contributed by atoms with Crippen molar-refractivity contribution in [1.82, 2.24) is 15.0 Å². The summed E-state index contributed by atoms with van der Waals surface area (Å²) in [5, 5.41) is 6.63. The number of fused-ring (bicyclic) bond motifs is 1. The van der Waals surface area contributed by atoms with Crippen LogP contribution < -0.4 is 5.32 Å². The van der Waals surface area contributed by atoms with E-state index >= 15 is 0 Å². The monoisotopic (exact) mass is 332 g/mol. The van der Waals surface area contributed by atoms with Crippen LogP contribution in [0.15, 0.2) is 66.4 Å². The average Bonchev–Trinajstić information content (AvgIpc) is 3.10. The molecule has 0 aliphatic carbocycles. The summed E-state index contributed by atoms with van der Waals surface area (Å²) in [6.45, 7) is 2.10. The Morgan fingerprint density at radius 2 is 1.96 bits per heavy atom. The predicted octanol–water partition coefficient (Wildman–Crippen LogP) is 4.60. The summed E-state index contributed by atoms with van der Waals surface area (Å²) in [7, 11) is 0. The molecule has 0 aliphatic heterocycles. The molecule has 4 aromatic rings. The van der Waals surface area contributed by atoms with Crippen LogP contribution in [-0.4, -0.2) is 15.0 Å². The zero-order valence-corrected chi connectivity index (χ0v) is 14.0. The largest absolute Gasteiger partial charge is 0.357 e. The smallest absolute Gasteiger partial charge is 0.138 e. The Hall–Kier alpha value is -2.79. The van der Waals surface area contributed by atoms with Crippen molar-refractivity contribution in [2.45, 2.75) is 13.0 Å². The first-order valence-electron chi connectivity index (χ1n) is 7.73. The van der Waals surface area contributed by atoms with Gasteiger partial charge in [-0.3, -0.25) is 4.98 Å². The van der Waals surface area contributed by atoms with Crippen molar-refractivity contribution >= 4 is 27.4 Å². The predicted molar refractivity (Wildman–Crippen MR) is 98.3 cm³/mol. The summed E-state index contributed by atoms with van der Waals surface area (Å²) in [4.78, 5) is 14.3. The van der Waals surface area contributed by atoms with Gasteiger partial charge in [0, 0.05) is 6.20 Å². The number of hydrogen-bond donors (Lipinski definition) is 1. The minimum absolute atomic E-state index is 0.0656. The summed E-state index contributed by atoms with van der Waals surface area (Å²) in [5.41, 5.74) is 3.35. The fraction of sp³-hybridized carbons (Fsp3) is 0.105. The summed E-state index contributed by atoms with van der Waals surface area (Å²) in [6, 6.07) is 16.4. The van der Waals surface area contributed by atoms with E-state index < -0.39 is 0 Å². The highest BCUT2D eigenvalue weighted by Gasteiger charge is 2.17. The van der Waals surface area contributed by atoms with Crippen LogP contribution in [0.4, 0.5) is 5.82 Å². The van der Waals surface area contributed by atoms with Crippen LogP contribution in [0.3, 0.4) is 0 Å². The lowest BCUT2D eigenvalue weighted by Gasteiger charge is -2.20. The zero-order chi connectivity index (χ0) is 16.4. The van der Waals surface area contributed by atoms with Crippen LogP contribution >= 0.6 is 11.3 Å². The summed E-state index contributed by atoms with van der Waals surface area (Å²) in [6.07, 6.45) is 3.42. The molecule has 3 heterocycles. The van der Waals surface area contributed by atoms with Crippen molar-refractivity contribution in [1.29, 1.82) is 0 Å². The van der Waals surface area contributed by atoms with Gasteiger partial charge in [0.05, 0.1) is 17.1 Å². The first kappa shape index (κ1) is 14.8. The Bertz CT molecular complexity index is 965. The van der Waals surface area contributed by atoms with Crippen molar-refractivity contribution < 1.29 is 0 Å². The molecule has 0 amide bonds. The molecular weight excluding hydrogens is 316 g/mol. The van der Waals surface area contributed by atoms with E-state index in [4.69, 9.17) is 0 Å². The van der Waals surface area contributed by atoms with E-state index in [1.54, 1.807) is 17.7 Å². The van der Waals surface area contributed by atoms with Gasteiger partial charge in [-0.25, -0.2) is 9.97 Å². The van der Waals surface area contributed by atoms with E-state index in [9.17, 15) is 0 Å². The van der Waals surface area contributed by atoms with Crippen molar-refractivity contribution in [3.63, 3.8) is 0 Å². The first-order chi connectivity index (χ1) is 11.8. The second-order valence-corrected chi connectivity index (χ2v) is 6.50. The maximum absolute atomic E-state index is 4.55. The van der Waals surface area contributed by atoms with Gasteiger partial charge in [-0.15, -0.1) is 11.3 Å². The van der Waals surface area contributed by atoms with Gasteiger partial charge in [-0.1, -0.05) is 35.9 Å². The van der Waals surface area contributed by atoms with Gasteiger partial charge >= 0.3 is 0 Å². The van der Waals surface area contributed by atoms with Crippen LogP contribution in [0.1, 0.15) is 22.9 Å². The Balaban J connectivity index is 1.80. The molecule has 1 atom stereocenters. The first-order valence-corrected chi connectivity index (χ1v) is 8.61. The van der Waals surface area contributed by atoms with Crippen LogP contribution in [0.5, 0.6) is 0 Å². The second-order valence-electron chi connectivity index (χ2n) is 5.61. The highest BCUT2D eigenvalue weighted by Crippen LogP contribution is 2.30. The van der Waals surface area contributed by atoms with Crippen LogP contribution in [0.25, 0.3) is 10.2 Å². The minimum Gasteiger partial charge on any atom is -0.357 e. The quantitative estimate of drug-likeness (QED) is 0.593. The molecule has 0 aliphatic rings. The lowest BCUT2D eigenvalue weighted by atomic mass is 10.0. The Labute approximate surface area is 144 Å². The molecule has 0 radical (unpaired) electrons. The van der Waals surface area contributed by atoms with Crippen LogP contribution in [0, 0.1) is 6.92 Å². The van der Waals surface area contributed by atoms with E-state index in [2.05, 4.69) is 51.5 Å². The second kappa shape index (κ2) is 6.37. The van der Waals surface area contributed by atoms with Gasteiger partial charge in [0.25, 0.3) is 0 Å². The fourth-order valence-corrected chi connectivity index (χ4v) is 3.50. The number of nitrogens with one attached hydrogen (secondary N) is 1. The number of rotatable bonds is 4. The third-order valence-electron chi connectivity index (χ3n) is 3.90. The summed E-state index contributed by atoms with van der Waals surface area (Å²) >= 11 is 1.62. The molecule has 1 unspecified atom stereocenters. The lowest BCUT2D eigenvalue weighted by Crippen LogP contribution is -2.15. The maximum atomic E-state index is 4.55. The molecule has 0 saturated carbocycles. The molecular formula is C19H16N4S. The molecule has 3 aromatic heterocycles. The van der Waals surface area contributed by atoms with Gasteiger partial charge in [-0.2, -0.15) is 0 Å². The Kier molecular flexibility index (Phi) is 3.92. The molecule has 0 saturated heterocycles. The topological polar surface area (TPSA) is 50.7 Å². The standard InChI is InChI=1S/C19H16N4S/c1-13-5-4-6-14(11-13)17(16-7-2-3-9-20-16)23-18-15-8-10-24-19(15)22-12-21-18/h2-12,17H,1H3,(H,21,22,23). The van der Waals surface area contributed by atoms with Crippen molar-refractivity contribution in [3.05, 3.63) is 83.3 Å². The van der Waals surface area contributed by atoms with E-state index in [0.717, 1.165) is 27.3 Å². The number of benzene rings is 1. The molecule has 1 aromatic carbocycles. The lowest BCUT2D eigenvalue weighted by molar-refractivity contribution is 0.878. The van der Waals surface area contributed by atoms with Crippen LogP contribution in [-0.2, 0) is 0 Å². The number of nitrogens with zero attached hydrogens (tertiary/aromatic N) is 3. The van der Waals surface area contributed by atoms with Gasteiger partial charge in [-0.05, 0) is 36.1 Å². The van der Waals surface area contributed by atoms with E-state index in [0.29, 0.717) is 0 Å². The fourth-order valence-electron chi connectivity index (χ4n) is 2.77. The summed E-state index contributed by atoms with van der Waals surface area (Å²) in [5.74, 6) is 0.832. The van der Waals surface area contributed by atoms with Gasteiger partial charge in [0.1, 0.15) is 17.0 Å². The molecule has 4 rings (SSSR count). The zero-order valence-electron chi connectivity index (χ0n) is 13.2. The van der Waals surface area contributed by atoms with E-state index in [-0.39, 0.29) is 6.04 Å². The molecule has 0 fully saturated rings. The number of aromatic nitrogens is 3. The summed E-state index contributed by atoms with van der Waals surface area (Å²) < 4.78 is 0. The molecule has 0 spiro atoms. The number of hydrogen-bond acceptors (Lipinski definition) is 5. The van der Waals surface area contributed by atoms with Gasteiger partial charge in [0.2, 0.25) is 0 Å². The van der Waals surface area contributed by atoms with Crippen LogP contribution in [0.2, 0.25) is 0 Å². The molecule has 0 bridgehead atoms. The third-order valence-corrected chi connectivity index (χ3v) is 4.72. The molecule has 24 heavy (non-hydrogen) atoms. The van der Waals surface area contributed by atoms with Crippen molar-refractivity contribution in [2.75, 3.05) is 5.32 Å². The minimum atomic E-state index is -0.0656. The van der Waals surface area contributed by atoms with Gasteiger partial charge in [0.15, 0.2) is 0 Å². The number of anilines is 1. The molecule has 5 heteroatoms. The normalized spacial score (nSPS) is 12.2. The van der Waals surface area contributed by atoms with Crippen molar-refractivity contribution in [2.24, 2.45) is 0 Å². The third kappa shape index (κ3) is 2.86. The molecule has 4 nitrogen and oxygen atoms in total. The SMILES string of the molecule is Cc1cccc(C(Nc2ncnc3sccc23)c2ccccn2)c1. The van der Waals surface area contributed by atoms with Gasteiger partial charge < -0.3 is 5.32 Å². The molecule has 1 N–H and O–H groups in total. The number of pyridine rings is 1. The average molecular weight is 332 g/mol. The van der Waals surface area contributed by atoms with E-state index in [1.165, 1.54) is 5.56 Å². The highest BCUT2D eigenvalue weighted by atomic mass is 32.1.